The van der Waals surface area contributed by atoms with Gasteiger partial charge in [-0.1, -0.05) is 48.5 Å². The van der Waals surface area contributed by atoms with Crippen LogP contribution in [0, 0.1) is 0 Å². The lowest BCUT2D eigenvalue weighted by atomic mass is 9.98. The van der Waals surface area contributed by atoms with Crippen LogP contribution in [0.2, 0.25) is 0 Å². The molecule has 0 fully saturated rings. The number of amides is 2. The number of aliphatic carboxylic acids is 1. The highest BCUT2D eigenvalue weighted by atomic mass is 16.5. The number of alkyl carbamates (subject to hydrolysis) is 1. The molecule has 0 spiro atoms. The Labute approximate surface area is 174 Å². The van der Waals surface area contributed by atoms with Crippen LogP contribution in [0.5, 0.6) is 0 Å². The largest absolute Gasteiger partial charge is 0.480 e. The third kappa shape index (κ3) is 4.44. The van der Waals surface area contributed by atoms with Crippen LogP contribution in [0.15, 0.2) is 48.5 Å². The zero-order valence-corrected chi connectivity index (χ0v) is 16.8. The Morgan fingerprint density at radius 2 is 1.60 bits per heavy atom. The van der Waals surface area contributed by atoms with E-state index in [0.717, 1.165) is 22.3 Å². The van der Waals surface area contributed by atoms with Gasteiger partial charge in [0.15, 0.2) is 0 Å². The summed E-state index contributed by atoms with van der Waals surface area (Å²) in [5, 5.41) is 13.5. The Morgan fingerprint density at radius 1 is 1.03 bits per heavy atom. The standard InChI is InChI=1S/C22H24N2O6/c1-22(13-29-2,20(27)23-11-19(25)26)24-21(28)30-12-18-16-9-5-3-7-14(16)15-8-4-6-10-17(15)18/h3-10,18H,11-13H2,1-2H3,(H,23,27)(H,24,28)(H,25,26). The Hall–Kier alpha value is -3.39. The number of rotatable bonds is 8. The molecule has 3 rings (SSSR count). The van der Waals surface area contributed by atoms with Gasteiger partial charge >= 0.3 is 12.1 Å². The maximum absolute atomic E-state index is 12.5. The lowest BCUT2D eigenvalue weighted by Crippen LogP contribution is -2.60. The number of carboxylic acids is 1. The van der Waals surface area contributed by atoms with Gasteiger partial charge in [-0.05, 0) is 29.2 Å². The summed E-state index contributed by atoms with van der Waals surface area (Å²) in [7, 11) is 1.38. The quantitative estimate of drug-likeness (QED) is 0.612. The van der Waals surface area contributed by atoms with Crippen LogP contribution in [0.25, 0.3) is 11.1 Å². The number of nitrogens with one attached hydrogen (secondary N) is 2. The molecule has 1 aliphatic carbocycles. The maximum atomic E-state index is 12.5. The Kier molecular flexibility index (Phi) is 6.37. The first-order valence-corrected chi connectivity index (χ1v) is 9.48. The van der Waals surface area contributed by atoms with Crippen LogP contribution in [-0.4, -0.2) is 55.5 Å². The molecule has 8 nitrogen and oxygen atoms in total. The molecular formula is C22H24N2O6. The van der Waals surface area contributed by atoms with Crippen molar-refractivity contribution in [1.29, 1.82) is 0 Å². The van der Waals surface area contributed by atoms with Crippen molar-refractivity contribution < 1.29 is 29.0 Å². The van der Waals surface area contributed by atoms with Gasteiger partial charge in [0.25, 0.3) is 0 Å². The van der Waals surface area contributed by atoms with Crippen LogP contribution < -0.4 is 10.6 Å². The van der Waals surface area contributed by atoms with Crippen molar-refractivity contribution in [2.24, 2.45) is 0 Å². The summed E-state index contributed by atoms with van der Waals surface area (Å²) >= 11 is 0. The van der Waals surface area contributed by atoms with Crippen molar-refractivity contribution >= 4 is 18.0 Å². The first kappa shape index (κ1) is 21.3. The van der Waals surface area contributed by atoms with Crippen molar-refractivity contribution in [2.45, 2.75) is 18.4 Å². The fourth-order valence-corrected chi connectivity index (χ4v) is 3.66. The molecule has 158 valence electrons. The number of carbonyl (C=O) groups excluding carboxylic acids is 2. The highest BCUT2D eigenvalue weighted by Gasteiger charge is 2.36. The molecule has 0 bridgehead atoms. The molecular weight excluding hydrogens is 388 g/mol. The van der Waals surface area contributed by atoms with Gasteiger partial charge in [0.2, 0.25) is 5.91 Å². The number of hydrogen-bond acceptors (Lipinski definition) is 5. The van der Waals surface area contributed by atoms with Crippen molar-refractivity contribution in [3.63, 3.8) is 0 Å². The van der Waals surface area contributed by atoms with Crippen molar-refractivity contribution in [1.82, 2.24) is 10.6 Å². The normalized spacial score (nSPS) is 14.2. The van der Waals surface area contributed by atoms with Gasteiger partial charge in [0, 0.05) is 13.0 Å². The zero-order valence-electron chi connectivity index (χ0n) is 16.8. The molecule has 0 saturated carbocycles. The van der Waals surface area contributed by atoms with Gasteiger partial charge in [0.1, 0.15) is 18.7 Å². The summed E-state index contributed by atoms with van der Waals surface area (Å²) in [6.07, 6.45) is -0.790. The van der Waals surface area contributed by atoms with E-state index in [1.807, 2.05) is 48.5 Å². The number of carbonyl (C=O) groups is 3. The van der Waals surface area contributed by atoms with E-state index >= 15 is 0 Å². The highest BCUT2D eigenvalue weighted by molar-refractivity contribution is 5.91. The second-order valence-corrected chi connectivity index (χ2v) is 7.29. The minimum atomic E-state index is -1.48. The number of benzene rings is 2. The molecule has 2 aromatic carbocycles. The van der Waals surface area contributed by atoms with E-state index in [4.69, 9.17) is 14.6 Å². The molecule has 30 heavy (non-hydrogen) atoms. The molecule has 0 radical (unpaired) electrons. The third-order valence-corrected chi connectivity index (χ3v) is 5.06. The Bertz CT molecular complexity index is 915. The minimum absolute atomic E-state index is 0.0969. The molecule has 2 amide bonds. The zero-order chi connectivity index (χ0) is 21.7. The summed E-state index contributed by atoms with van der Waals surface area (Å²) in [6.45, 7) is 0.821. The summed E-state index contributed by atoms with van der Waals surface area (Å²) in [4.78, 5) is 35.5. The van der Waals surface area contributed by atoms with Crippen LogP contribution in [0.4, 0.5) is 4.79 Å². The topological polar surface area (TPSA) is 114 Å². The predicted molar refractivity (Wildman–Crippen MR) is 109 cm³/mol. The lowest BCUT2D eigenvalue weighted by Gasteiger charge is -2.28. The highest BCUT2D eigenvalue weighted by Crippen LogP contribution is 2.44. The SMILES string of the molecule is COCC(C)(NC(=O)OCC1c2ccccc2-c2ccccc21)C(=O)NCC(=O)O. The van der Waals surface area contributed by atoms with E-state index < -0.39 is 30.1 Å². The van der Waals surface area contributed by atoms with E-state index in [1.165, 1.54) is 14.0 Å². The van der Waals surface area contributed by atoms with E-state index in [9.17, 15) is 14.4 Å². The first-order chi connectivity index (χ1) is 14.4. The van der Waals surface area contributed by atoms with Crippen molar-refractivity contribution in [3.8, 4) is 11.1 Å². The summed E-state index contributed by atoms with van der Waals surface area (Å²) in [6, 6.07) is 15.9. The van der Waals surface area contributed by atoms with Gasteiger partial charge < -0.3 is 25.2 Å². The van der Waals surface area contributed by atoms with Gasteiger partial charge in [-0.3, -0.25) is 9.59 Å². The number of fused-ring (bicyclic) bond motifs is 3. The summed E-state index contributed by atoms with van der Waals surface area (Å²) in [5.41, 5.74) is 2.89. The van der Waals surface area contributed by atoms with Gasteiger partial charge in [0.05, 0.1) is 6.61 Å². The molecule has 1 aliphatic rings. The number of methoxy groups -OCH3 is 1. The van der Waals surface area contributed by atoms with Gasteiger partial charge in [-0.25, -0.2) is 4.79 Å². The van der Waals surface area contributed by atoms with E-state index in [1.54, 1.807) is 0 Å². The minimum Gasteiger partial charge on any atom is -0.480 e. The molecule has 1 atom stereocenters. The van der Waals surface area contributed by atoms with Gasteiger partial charge in [-0.2, -0.15) is 0 Å². The maximum Gasteiger partial charge on any atom is 0.408 e. The average Bonchev–Trinajstić information content (AvgIpc) is 3.04. The number of ether oxygens (including phenoxy) is 2. The number of carboxylic acid groups (broad SMARTS) is 1. The summed E-state index contributed by atoms with van der Waals surface area (Å²) in [5.74, 6) is -1.98. The molecule has 1 unspecified atom stereocenters. The molecule has 0 heterocycles. The van der Waals surface area contributed by atoms with E-state index in [0.29, 0.717) is 0 Å². The number of hydrogen-bond donors (Lipinski definition) is 3. The average molecular weight is 412 g/mol. The monoisotopic (exact) mass is 412 g/mol. The van der Waals surface area contributed by atoms with Crippen LogP contribution in [0.3, 0.4) is 0 Å². The molecule has 3 N–H and O–H groups in total. The second-order valence-electron chi connectivity index (χ2n) is 7.29. The fourth-order valence-electron chi connectivity index (χ4n) is 3.66. The molecule has 0 aliphatic heterocycles. The smallest absolute Gasteiger partial charge is 0.408 e. The fraction of sp³-hybridized carbons (Fsp3) is 0.318. The van der Waals surface area contributed by atoms with Crippen LogP contribution in [0.1, 0.15) is 24.0 Å². The molecule has 0 saturated heterocycles. The lowest BCUT2D eigenvalue weighted by molar-refractivity contribution is -0.139. The third-order valence-electron chi connectivity index (χ3n) is 5.06. The second kappa shape index (κ2) is 8.96. The molecule has 8 heteroatoms. The Morgan fingerprint density at radius 3 is 2.13 bits per heavy atom. The molecule has 2 aromatic rings. The van der Waals surface area contributed by atoms with Crippen LogP contribution in [-0.2, 0) is 19.1 Å². The predicted octanol–water partition coefficient (Wildman–Crippen LogP) is 2.13. The van der Waals surface area contributed by atoms with Crippen LogP contribution >= 0.6 is 0 Å². The first-order valence-electron chi connectivity index (χ1n) is 9.48. The van der Waals surface area contributed by atoms with Crippen molar-refractivity contribution in [2.75, 3.05) is 26.9 Å². The molecule has 0 aromatic heterocycles. The Balaban J connectivity index is 1.69. The summed E-state index contributed by atoms with van der Waals surface area (Å²) < 4.78 is 10.5. The van der Waals surface area contributed by atoms with Crippen molar-refractivity contribution in [3.05, 3.63) is 59.7 Å². The van der Waals surface area contributed by atoms with E-state index in [-0.39, 0.29) is 19.1 Å². The van der Waals surface area contributed by atoms with Gasteiger partial charge in [-0.15, -0.1) is 0 Å². The van der Waals surface area contributed by atoms with E-state index in [2.05, 4.69) is 10.6 Å².